The third-order valence-electron chi connectivity index (χ3n) is 4.44. The van der Waals surface area contributed by atoms with E-state index < -0.39 is 12.1 Å². The van der Waals surface area contributed by atoms with Crippen molar-refractivity contribution in [2.75, 3.05) is 13.2 Å². The van der Waals surface area contributed by atoms with Gasteiger partial charge in [-0.25, -0.2) is 0 Å². The minimum atomic E-state index is -0.392. The van der Waals surface area contributed by atoms with Crippen molar-refractivity contribution in [2.24, 2.45) is 5.92 Å². The van der Waals surface area contributed by atoms with E-state index in [2.05, 4.69) is 5.32 Å². The first kappa shape index (κ1) is 15.3. The number of hydrogen-bond donors (Lipinski definition) is 1. The van der Waals surface area contributed by atoms with Crippen LogP contribution in [0.2, 0.25) is 0 Å². The number of rotatable bonds is 3. The first-order chi connectivity index (χ1) is 9.40. The normalized spacial score (nSPS) is 35.4. The van der Waals surface area contributed by atoms with Crippen LogP contribution in [0.4, 0.5) is 0 Å². The van der Waals surface area contributed by atoms with Crippen LogP contribution < -0.4 is 5.32 Å². The van der Waals surface area contributed by atoms with E-state index in [0.717, 1.165) is 19.4 Å². The molecule has 5 heteroatoms. The third-order valence-corrected chi connectivity index (χ3v) is 4.44. The molecule has 2 saturated heterocycles. The Kier molecular flexibility index (Phi) is 4.37. The van der Waals surface area contributed by atoms with Gasteiger partial charge in [0.2, 0.25) is 11.8 Å². The summed E-state index contributed by atoms with van der Waals surface area (Å²) in [7, 11) is 0. The lowest BCUT2D eigenvalue weighted by Gasteiger charge is -2.51. The molecule has 0 aromatic heterocycles. The molecule has 0 saturated carbocycles. The van der Waals surface area contributed by atoms with Crippen molar-refractivity contribution in [3.05, 3.63) is 0 Å². The van der Waals surface area contributed by atoms with Crippen LogP contribution in [0.5, 0.6) is 0 Å². The average Bonchev–Trinajstić information content (AvgIpc) is 2.40. The summed E-state index contributed by atoms with van der Waals surface area (Å²) in [5, 5.41) is 2.86. The second-order valence-electron chi connectivity index (χ2n) is 6.52. The van der Waals surface area contributed by atoms with Crippen molar-refractivity contribution >= 4 is 11.8 Å². The van der Waals surface area contributed by atoms with Gasteiger partial charge in [0.05, 0.1) is 12.1 Å². The predicted molar refractivity (Wildman–Crippen MR) is 76.2 cm³/mol. The summed E-state index contributed by atoms with van der Waals surface area (Å²) >= 11 is 0. The predicted octanol–water partition coefficient (Wildman–Crippen LogP) is 1.32. The van der Waals surface area contributed by atoms with Crippen LogP contribution in [0.3, 0.4) is 0 Å². The first-order valence-corrected chi connectivity index (χ1v) is 7.62. The van der Waals surface area contributed by atoms with Gasteiger partial charge in [0.1, 0.15) is 12.1 Å². The van der Waals surface area contributed by atoms with Crippen molar-refractivity contribution < 1.29 is 14.3 Å². The molecule has 0 aliphatic carbocycles. The average molecular weight is 282 g/mol. The van der Waals surface area contributed by atoms with Gasteiger partial charge in [0.15, 0.2) is 0 Å². The Morgan fingerprint density at radius 2 is 2.15 bits per heavy atom. The van der Waals surface area contributed by atoms with E-state index in [4.69, 9.17) is 4.74 Å². The van der Waals surface area contributed by atoms with E-state index in [9.17, 15) is 9.59 Å². The highest BCUT2D eigenvalue weighted by Crippen LogP contribution is 2.33. The Balaban J connectivity index is 2.36. The summed E-state index contributed by atoms with van der Waals surface area (Å²) in [6, 6.07) is -0.784. The number of carbonyl (C=O) groups is 2. The van der Waals surface area contributed by atoms with E-state index in [-0.39, 0.29) is 23.3 Å². The Morgan fingerprint density at radius 1 is 1.45 bits per heavy atom. The molecule has 2 aliphatic rings. The van der Waals surface area contributed by atoms with Crippen molar-refractivity contribution in [1.82, 2.24) is 10.2 Å². The zero-order valence-electron chi connectivity index (χ0n) is 12.9. The maximum Gasteiger partial charge on any atom is 0.246 e. The van der Waals surface area contributed by atoms with E-state index in [1.165, 1.54) is 0 Å². The molecule has 20 heavy (non-hydrogen) atoms. The van der Waals surface area contributed by atoms with Crippen LogP contribution in [-0.4, -0.2) is 47.6 Å². The lowest BCUT2D eigenvalue weighted by molar-refractivity contribution is -0.165. The standard InChI is InChI=1S/C15H26N2O3/c1-5-11-14(19)17(12(10(2)3)13(18)16-11)15(4)7-6-8-20-9-15/h10-12H,5-9H2,1-4H3,(H,16,18). The van der Waals surface area contributed by atoms with Crippen molar-refractivity contribution in [3.63, 3.8) is 0 Å². The molecule has 2 rings (SSSR count). The van der Waals surface area contributed by atoms with Gasteiger partial charge in [-0.05, 0) is 32.1 Å². The third kappa shape index (κ3) is 2.55. The lowest BCUT2D eigenvalue weighted by Crippen LogP contribution is -2.71. The molecule has 3 atom stereocenters. The SMILES string of the molecule is CCC1NC(=O)C(C(C)C)N(C2(C)CCCOC2)C1=O. The topological polar surface area (TPSA) is 58.6 Å². The molecule has 3 unspecified atom stereocenters. The summed E-state index contributed by atoms with van der Waals surface area (Å²) in [5.74, 6) is 0.104. The number of piperazine rings is 1. The summed E-state index contributed by atoms with van der Waals surface area (Å²) in [4.78, 5) is 27.0. The van der Waals surface area contributed by atoms with Crippen molar-refractivity contribution in [1.29, 1.82) is 0 Å². The molecule has 0 spiro atoms. The molecular formula is C15H26N2O3. The second kappa shape index (κ2) is 5.72. The zero-order valence-corrected chi connectivity index (χ0v) is 12.9. The minimum Gasteiger partial charge on any atom is -0.379 e. The van der Waals surface area contributed by atoms with Gasteiger partial charge in [0, 0.05) is 6.61 Å². The fourth-order valence-electron chi connectivity index (χ4n) is 3.33. The second-order valence-corrected chi connectivity index (χ2v) is 6.52. The zero-order chi connectivity index (χ0) is 14.9. The minimum absolute atomic E-state index is 0.0294. The van der Waals surface area contributed by atoms with E-state index >= 15 is 0 Å². The highest BCUT2D eigenvalue weighted by atomic mass is 16.5. The Hall–Kier alpha value is -1.10. The summed E-state index contributed by atoms with van der Waals surface area (Å²) < 4.78 is 5.59. The van der Waals surface area contributed by atoms with Gasteiger partial charge in [0.25, 0.3) is 0 Å². The lowest BCUT2D eigenvalue weighted by atomic mass is 9.85. The van der Waals surface area contributed by atoms with Gasteiger partial charge in [-0.1, -0.05) is 20.8 Å². The molecule has 0 radical (unpaired) electrons. The molecule has 2 fully saturated rings. The van der Waals surface area contributed by atoms with Gasteiger partial charge in [-0.3, -0.25) is 9.59 Å². The van der Waals surface area contributed by atoms with Gasteiger partial charge in [-0.2, -0.15) is 0 Å². The fourth-order valence-corrected chi connectivity index (χ4v) is 3.33. The first-order valence-electron chi connectivity index (χ1n) is 7.62. The molecular weight excluding hydrogens is 256 g/mol. The van der Waals surface area contributed by atoms with E-state index in [1.54, 1.807) is 0 Å². The fraction of sp³-hybridized carbons (Fsp3) is 0.867. The summed E-state index contributed by atoms with van der Waals surface area (Å²) in [6.45, 7) is 9.22. The van der Waals surface area contributed by atoms with Crippen LogP contribution in [0.25, 0.3) is 0 Å². The van der Waals surface area contributed by atoms with Crippen LogP contribution in [0, 0.1) is 5.92 Å². The largest absolute Gasteiger partial charge is 0.379 e. The van der Waals surface area contributed by atoms with E-state index in [1.807, 2.05) is 32.6 Å². The highest BCUT2D eigenvalue weighted by Gasteiger charge is 2.49. The van der Waals surface area contributed by atoms with Crippen LogP contribution in [-0.2, 0) is 14.3 Å². The number of amides is 2. The van der Waals surface area contributed by atoms with Crippen LogP contribution in [0.1, 0.15) is 47.0 Å². The number of nitrogens with zero attached hydrogens (tertiary/aromatic N) is 1. The monoisotopic (exact) mass is 282 g/mol. The quantitative estimate of drug-likeness (QED) is 0.849. The Bertz CT molecular complexity index is 389. The van der Waals surface area contributed by atoms with Crippen LogP contribution >= 0.6 is 0 Å². The number of nitrogens with one attached hydrogen (secondary N) is 1. The van der Waals surface area contributed by atoms with Crippen LogP contribution in [0.15, 0.2) is 0 Å². The molecule has 114 valence electrons. The number of ether oxygens (including phenoxy) is 1. The number of hydrogen-bond acceptors (Lipinski definition) is 3. The Labute approximate surface area is 121 Å². The number of carbonyl (C=O) groups excluding carboxylic acids is 2. The molecule has 0 bridgehead atoms. The Morgan fingerprint density at radius 3 is 2.65 bits per heavy atom. The maximum atomic E-state index is 12.8. The molecule has 2 amide bonds. The summed E-state index contributed by atoms with van der Waals surface area (Å²) in [6.07, 6.45) is 2.46. The molecule has 2 aliphatic heterocycles. The molecule has 5 nitrogen and oxygen atoms in total. The molecule has 2 heterocycles. The van der Waals surface area contributed by atoms with Gasteiger partial charge < -0.3 is 15.0 Å². The molecule has 1 N–H and O–H groups in total. The smallest absolute Gasteiger partial charge is 0.246 e. The highest BCUT2D eigenvalue weighted by molar-refractivity contribution is 5.97. The molecule has 0 aromatic carbocycles. The maximum absolute atomic E-state index is 12.8. The summed E-state index contributed by atoms with van der Waals surface area (Å²) in [5.41, 5.74) is -0.366. The van der Waals surface area contributed by atoms with E-state index in [0.29, 0.717) is 13.0 Å². The molecule has 0 aromatic rings. The van der Waals surface area contributed by atoms with Crippen molar-refractivity contribution in [3.8, 4) is 0 Å². The van der Waals surface area contributed by atoms with Crippen molar-refractivity contribution in [2.45, 2.75) is 64.6 Å². The van der Waals surface area contributed by atoms with Gasteiger partial charge >= 0.3 is 0 Å². The van der Waals surface area contributed by atoms with Gasteiger partial charge in [-0.15, -0.1) is 0 Å².